The Morgan fingerprint density at radius 2 is 1.97 bits per heavy atom. The van der Waals surface area contributed by atoms with E-state index in [0.29, 0.717) is 38.6 Å². The van der Waals surface area contributed by atoms with E-state index in [1.54, 1.807) is 66.7 Å². The van der Waals surface area contributed by atoms with Crippen molar-refractivity contribution in [2.24, 2.45) is 5.10 Å². The highest BCUT2D eigenvalue weighted by Gasteiger charge is 2.17. The SMILES string of the molecule is COc1cc(C=Nn2c(-c3cc4cc(Cl)ccc4o3)nc3ccccc3c2=O)ccc1OCC(=O)O. The molecule has 0 atom stereocenters. The number of aliphatic carboxylic acids is 1. The topological polar surface area (TPSA) is 116 Å². The lowest BCUT2D eigenvalue weighted by atomic mass is 10.2. The molecule has 180 valence electrons. The Balaban J connectivity index is 1.61. The van der Waals surface area contributed by atoms with Gasteiger partial charge in [-0.3, -0.25) is 4.79 Å². The maximum absolute atomic E-state index is 13.4. The summed E-state index contributed by atoms with van der Waals surface area (Å²) in [6.07, 6.45) is 1.46. The largest absolute Gasteiger partial charge is 0.493 e. The lowest BCUT2D eigenvalue weighted by Gasteiger charge is -2.10. The van der Waals surface area contributed by atoms with Crippen LogP contribution in [0.15, 0.2) is 81.0 Å². The van der Waals surface area contributed by atoms with Crippen LogP contribution >= 0.6 is 11.6 Å². The Kier molecular flexibility index (Phi) is 6.14. The number of carboxylic acid groups (broad SMARTS) is 1. The normalized spacial score (nSPS) is 11.4. The maximum Gasteiger partial charge on any atom is 0.341 e. The van der Waals surface area contributed by atoms with Gasteiger partial charge in [0, 0.05) is 10.4 Å². The first-order chi connectivity index (χ1) is 17.4. The predicted molar refractivity (Wildman–Crippen MR) is 135 cm³/mol. The molecule has 5 aromatic rings. The van der Waals surface area contributed by atoms with E-state index in [-0.39, 0.29) is 17.1 Å². The second-order valence-electron chi connectivity index (χ2n) is 7.70. The average Bonchev–Trinajstić information content (AvgIpc) is 3.30. The molecular weight excluding hydrogens is 486 g/mol. The molecule has 0 unspecified atom stereocenters. The van der Waals surface area contributed by atoms with Gasteiger partial charge in [0.2, 0.25) is 5.82 Å². The number of methoxy groups -OCH3 is 1. The van der Waals surface area contributed by atoms with Gasteiger partial charge in [-0.15, -0.1) is 0 Å². The van der Waals surface area contributed by atoms with E-state index in [4.69, 9.17) is 30.6 Å². The molecule has 10 heteroatoms. The lowest BCUT2D eigenvalue weighted by molar-refractivity contribution is -0.139. The summed E-state index contributed by atoms with van der Waals surface area (Å²) in [6.45, 7) is -0.506. The van der Waals surface area contributed by atoms with Crippen molar-refractivity contribution < 1.29 is 23.8 Å². The summed E-state index contributed by atoms with van der Waals surface area (Å²) in [6, 6.07) is 18.8. The number of carboxylic acids is 1. The van der Waals surface area contributed by atoms with Crippen LogP contribution in [0, 0.1) is 0 Å². The van der Waals surface area contributed by atoms with Crippen LogP contribution in [-0.4, -0.2) is 40.7 Å². The Bertz CT molecular complexity index is 1710. The fourth-order valence-electron chi connectivity index (χ4n) is 3.66. The van der Waals surface area contributed by atoms with Crippen LogP contribution in [0.1, 0.15) is 5.56 Å². The van der Waals surface area contributed by atoms with Gasteiger partial charge in [0.1, 0.15) is 5.58 Å². The van der Waals surface area contributed by atoms with Crippen molar-refractivity contribution in [3.8, 4) is 23.1 Å². The number of hydrogen-bond acceptors (Lipinski definition) is 7. The van der Waals surface area contributed by atoms with Gasteiger partial charge in [-0.2, -0.15) is 9.78 Å². The molecule has 0 radical (unpaired) electrons. The summed E-state index contributed by atoms with van der Waals surface area (Å²) < 4.78 is 17.7. The molecule has 5 rings (SSSR count). The highest BCUT2D eigenvalue weighted by Crippen LogP contribution is 2.30. The number of aromatic nitrogens is 2. The number of halogens is 1. The number of para-hydroxylation sites is 1. The van der Waals surface area contributed by atoms with E-state index in [1.807, 2.05) is 0 Å². The van der Waals surface area contributed by atoms with Crippen molar-refractivity contribution in [2.75, 3.05) is 13.7 Å². The number of fused-ring (bicyclic) bond motifs is 2. The predicted octanol–water partition coefficient (Wildman–Crippen LogP) is 4.82. The lowest BCUT2D eigenvalue weighted by Crippen LogP contribution is -2.20. The van der Waals surface area contributed by atoms with Crippen LogP contribution < -0.4 is 15.0 Å². The smallest absolute Gasteiger partial charge is 0.341 e. The molecule has 2 heterocycles. The van der Waals surface area contributed by atoms with E-state index in [1.165, 1.54) is 18.0 Å². The molecule has 9 nitrogen and oxygen atoms in total. The van der Waals surface area contributed by atoms with Crippen LogP contribution in [0.5, 0.6) is 11.5 Å². The second-order valence-corrected chi connectivity index (χ2v) is 8.14. The number of nitrogens with zero attached hydrogens (tertiary/aromatic N) is 3. The number of hydrogen-bond donors (Lipinski definition) is 1. The molecule has 0 amide bonds. The van der Waals surface area contributed by atoms with Crippen LogP contribution in [-0.2, 0) is 4.79 Å². The molecule has 0 bridgehead atoms. The number of rotatable bonds is 7. The van der Waals surface area contributed by atoms with E-state index >= 15 is 0 Å². The minimum Gasteiger partial charge on any atom is -0.493 e. The number of furan rings is 1. The van der Waals surface area contributed by atoms with Gasteiger partial charge in [0.15, 0.2) is 23.9 Å². The zero-order valence-electron chi connectivity index (χ0n) is 18.8. The zero-order chi connectivity index (χ0) is 25.2. The summed E-state index contributed by atoms with van der Waals surface area (Å²) in [4.78, 5) is 28.8. The zero-order valence-corrected chi connectivity index (χ0v) is 19.6. The number of ether oxygens (including phenoxy) is 2. The summed E-state index contributed by atoms with van der Waals surface area (Å²) >= 11 is 6.11. The van der Waals surface area contributed by atoms with Crippen LogP contribution in [0.3, 0.4) is 0 Å². The van der Waals surface area contributed by atoms with Gasteiger partial charge in [0.05, 0.1) is 24.2 Å². The average molecular weight is 504 g/mol. The molecule has 0 saturated heterocycles. The van der Waals surface area contributed by atoms with Crippen molar-refractivity contribution in [3.63, 3.8) is 0 Å². The monoisotopic (exact) mass is 503 g/mol. The van der Waals surface area contributed by atoms with Crippen LogP contribution in [0.4, 0.5) is 0 Å². The summed E-state index contributed by atoms with van der Waals surface area (Å²) in [5, 5.41) is 15.0. The fraction of sp³-hybridized carbons (Fsp3) is 0.0769. The van der Waals surface area contributed by atoms with Crippen molar-refractivity contribution in [2.45, 2.75) is 0 Å². The Morgan fingerprint density at radius 3 is 2.78 bits per heavy atom. The first-order valence-corrected chi connectivity index (χ1v) is 11.1. The molecule has 3 aromatic carbocycles. The molecule has 0 fully saturated rings. The van der Waals surface area contributed by atoms with Crippen LogP contribution in [0.25, 0.3) is 33.5 Å². The summed E-state index contributed by atoms with van der Waals surface area (Å²) in [7, 11) is 1.44. The quantitative estimate of drug-likeness (QED) is 0.316. The molecule has 0 saturated carbocycles. The maximum atomic E-state index is 13.4. The van der Waals surface area contributed by atoms with E-state index in [0.717, 1.165) is 5.39 Å². The molecule has 1 N–H and O–H groups in total. The van der Waals surface area contributed by atoms with E-state index in [2.05, 4.69) is 10.1 Å². The van der Waals surface area contributed by atoms with Gasteiger partial charge in [-0.1, -0.05) is 23.7 Å². The van der Waals surface area contributed by atoms with Crippen molar-refractivity contribution in [1.82, 2.24) is 9.66 Å². The first-order valence-electron chi connectivity index (χ1n) is 10.7. The van der Waals surface area contributed by atoms with Crippen molar-refractivity contribution >= 4 is 45.7 Å². The van der Waals surface area contributed by atoms with Crippen LogP contribution in [0.2, 0.25) is 5.02 Å². The molecule has 2 aromatic heterocycles. The molecular formula is C26H18ClN3O6. The molecule has 0 aliphatic carbocycles. The van der Waals surface area contributed by atoms with E-state index < -0.39 is 12.6 Å². The first kappa shape index (κ1) is 23.1. The fourth-order valence-corrected chi connectivity index (χ4v) is 3.84. The number of benzene rings is 3. The van der Waals surface area contributed by atoms with Gasteiger partial charge in [-0.25, -0.2) is 9.78 Å². The summed E-state index contributed by atoms with van der Waals surface area (Å²) in [5.74, 6) is 0.0472. The third-order valence-corrected chi connectivity index (χ3v) is 5.55. The van der Waals surface area contributed by atoms with Crippen molar-refractivity contribution in [3.05, 3.63) is 87.7 Å². The third-order valence-electron chi connectivity index (χ3n) is 5.31. The summed E-state index contributed by atoms with van der Waals surface area (Å²) in [5.41, 5.74) is 1.30. The Hall–Kier alpha value is -4.63. The van der Waals surface area contributed by atoms with Gasteiger partial charge in [-0.05, 0) is 60.2 Å². The molecule has 0 aliphatic heterocycles. The number of carbonyl (C=O) groups is 1. The Labute approximate surface area is 208 Å². The standard InChI is InChI=1S/C26H18ClN3O6/c1-34-22-10-15(6-8-21(22)35-14-24(31)32)13-28-30-25(29-19-5-3-2-4-18(19)26(30)33)23-12-16-11-17(27)7-9-20(16)36-23/h2-13H,14H2,1H3,(H,31,32). The third kappa shape index (κ3) is 4.51. The Morgan fingerprint density at radius 1 is 1.14 bits per heavy atom. The minimum atomic E-state index is -1.11. The van der Waals surface area contributed by atoms with Gasteiger partial charge in [0.25, 0.3) is 5.56 Å². The molecule has 0 aliphatic rings. The highest BCUT2D eigenvalue weighted by molar-refractivity contribution is 6.31. The van der Waals surface area contributed by atoms with Crippen molar-refractivity contribution in [1.29, 1.82) is 0 Å². The van der Waals surface area contributed by atoms with E-state index in [9.17, 15) is 9.59 Å². The van der Waals surface area contributed by atoms with Gasteiger partial charge >= 0.3 is 5.97 Å². The highest BCUT2D eigenvalue weighted by atomic mass is 35.5. The molecule has 0 spiro atoms. The minimum absolute atomic E-state index is 0.218. The molecule has 36 heavy (non-hydrogen) atoms. The second kappa shape index (κ2) is 9.55. The van der Waals surface area contributed by atoms with Gasteiger partial charge < -0.3 is 19.0 Å².